The van der Waals surface area contributed by atoms with Crippen molar-refractivity contribution >= 4 is 11.9 Å². The maximum absolute atomic E-state index is 12.6. The summed E-state index contributed by atoms with van der Waals surface area (Å²) in [5.74, 6) is -1.78. The quantitative estimate of drug-likeness (QED) is 0.891. The number of carboxylic acid groups (broad SMARTS) is 1. The van der Waals surface area contributed by atoms with Gasteiger partial charge in [-0.25, -0.2) is 0 Å². The van der Waals surface area contributed by atoms with Crippen LogP contribution in [0.2, 0.25) is 0 Å². The Bertz CT molecular complexity index is 580. The van der Waals surface area contributed by atoms with E-state index in [0.29, 0.717) is 31.6 Å². The Labute approximate surface area is 137 Å². The molecule has 1 aliphatic rings. The second kappa shape index (κ2) is 7.65. The molecule has 1 aromatic carbocycles. The van der Waals surface area contributed by atoms with Gasteiger partial charge in [-0.05, 0) is 30.5 Å². The predicted octanol–water partition coefficient (Wildman–Crippen LogP) is 2.55. The van der Waals surface area contributed by atoms with Gasteiger partial charge in [0.1, 0.15) is 6.54 Å². The minimum atomic E-state index is -4.43. The van der Waals surface area contributed by atoms with Crippen LogP contribution in [0.1, 0.15) is 24.0 Å². The highest BCUT2D eigenvalue weighted by Crippen LogP contribution is 2.29. The van der Waals surface area contributed by atoms with Gasteiger partial charge in [-0.1, -0.05) is 12.1 Å². The first kappa shape index (κ1) is 18.3. The van der Waals surface area contributed by atoms with Crippen molar-refractivity contribution in [3.63, 3.8) is 0 Å². The maximum atomic E-state index is 12.6. The summed E-state index contributed by atoms with van der Waals surface area (Å²) in [5, 5.41) is 8.99. The first-order chi connectivity index (χ1) is 11.3. The number of aliphatic carboxylic acids is 1. The standard InChI is InChI=1S/C16H18F3NO4/c17-16(18,19)13-3-1-11(2-4-13)9-20(10-14(21)22)15(23)12-5-7-24-8-6-12/h1-4,12H,5-10H2,(H,21,22). The Balaban J connectivity index is 2.10. The molecule has 1 N–H and O–H groups in total. The van der Waals surface area contributed by atoms with E-state index in [2.05, 4.69) is 0 Å². The zero-order chi connectivity index (χ0) is 17.7. The van der Waals surface area contributed by atoms with E-state index in [0.717, 1.165) is 12.1 Å². The lowest BCUT2D eigenvalue weighted by molar-refractivity contribution is -0.148. The van der Waals surface area contributed by atoms with Crippen LogP contribution in [-0.4, -0.2) is 41.6 Å². The lowest BCUT2D eigenvalue weighted by Gasteiger charge is -2.28. The van der Waals surface area contributed by atoms with Crippen LogP contribution in [0.15, 0.2) is 24.3 Å². The van der Waals surface area contributed by atoms with Gasteiger partial charge in [-0.15, -0.1) is 0 Å². The van der Waals surface area contributed by atoms with Crippen molar-refractivity contribution in [1.82, 2.24) is 4.90 Å². The molecule has 5 nitrogen and oxygen atoms in total. The Morgan fingerprint density at radius 3 is 2.25 bits per heavy atom. The summed E-state index contributed by atoms with van der Waals surface area (Å²) in [6, 6.07) is 4.37. The van der Waals surface area contributed by atoms with E-state index < -0.39 is 24.3 Å². The fourth-order valence-corrected chi connectivity index (χ4v) is 2.60. The average molecular weight is 345 g/mol. The number of hydrogen-bond donors (Lipinski definition) is 1. The number of carbonyl (C=O) groups excluding carboxylic acids is 1. The highest BCUT2D eigenvalue weighted by Gasteiger charge is 2.31. The van der Waals surface area contributed by atoms with Crippen molar-refractivity contribution in [2.45, 2.75) is 25.6 Å². The lowest BCUT2D eigenvalue weighted by atomic mass is 9.98. The Kier molecular flexibility index (Phi) is 5.82. The molecule has 0 aliphatic carbocycles. The van der Waals surface area contributed by atoms with E-state index in [9.17, 15) is 22.8 Å². The van der Waals surface area contributed by atoms with Gasteiger partial charge in [0.2, 0.25) is 5.91 Å². The van der Waals surface area contributed by atoms with Crippen molar-refractivity contribution in [3.05, 3.63) is 35.4 Å². The van der Waals surface area contributed by atoms with Crippen molar-refractivity contribution in [2.75, 3.05) is 19.8 Å². The lowest BCUT2D eigenvalue weighted by Crippen LogP contribution is -2.41. The topological polar surface area (TPSA) is 66.8 Å². The highest BCUT2D eigenvalue weighted by atomic mass is 19.4. The number of alkyl halides is 3. The van der Waals surface area contributed by atoms with Crippen molar-refractivity contribution in [1.29, 1.82) is 0 Å². The van der Waals surface area contributed by atoms with Crippen LogP contribution in [0.25, 0.3) is 0 Å². The molecule has 0 aromatic heterocycles. The predicted molar refractivity (Wildman–Crippen MR) is 78.0 cm³/mol. The van der Waals surface area contributed by atoms with Crippen LogP contribution in [0.3, 0.4) is 0 Å². The normalized spacial score (nSPS) is 16.0. The van der Waals surface area contributed by atoms with Crippen LogP contribution in [0.4, 0.5) is 13.2 Å². The molecule has 24 heavy (non-hydrogen) atoms. The van der Waals surface area contributed by atoms with Crippen molar-refractivity contribution in [3.8, 4) is 0 Å². The van der Waals surface area contributed by atoms with Gasteiger partial charge < -0.3 is 14.7 Å². The number of ether oxygens (including phenoxy) is 1. The molecule has 0 radical (unpaired) electrons. The molecule has 0 spiro atoms. The Morgan fingerprint density at radius 1 is 1.17 bits per heavy atom. The van der Waals surface area contributed by atoms with Crippen LogP contribution in [0.5, 0.6) is 0 Å². The Hall–Kier alpha value is -2.09. The van der Waals surface area contributed by atoms with Gasteiger partial charge in [0, 0.05) is 25.7 Å². The molecule has 1 heterocycles. The van der Waals surface area contributed by atoms with Crippen LogP contribution in [0, 0.1) is 5.92 Å². The molecule has 0 saturated carbocycles. The van der Waals surface area contributed by atoms with Gasteiger partial charge in [-0.2, -0.15) is 13.2 Å². The first-order valence-corrected chi connectivity index (χ1v) is 7.52. The third-order valence-corrected chi connectivity index (χ3v) is 3.86. The van der Waals surface area contributed by atoms with Crippen molar-refractivity contribution < 1.29 is 32.6 Å². The second-order valence-corrected chi connectivity index (χ2v) is 5.67. The molecular formula is C16H18F3NO4. The van der Waals surface area contributed by atoms with Gasteiger partial charge >= 0.3 is 12.1 Å². The van der Waals surface area contributed by atoms with E-state index in [1.54, 1.807) is 0 Å². The summed E-state index contributed by atoms with van der Waals surface area (Å²) in [5.41, 5.74) is -0.337. The van der Waals surface area contributed by atoms with Crippen LogP contribution in [-0.2, 0) is 27.0 Å². The molecule has 0 bridgehead atoms. The summed E-state index contributed by atoms with van der Waals surface area (Å²) in [4.78, 5) is 24.7. The summed E-state index contributed by atoms with van der Waals surface area (Å²) in [6.45, 7) is 0.354. The molecule has 8 heteroatoms. The van der Waals surface area contributed by atoms with E-state index in [1.807, 2.05) is 0 Å². The number of rotatable bonds is 5. The molecule has 132 valence electrons. The molecule has 0 unspecified atom stereocenters. The third kappa shape index (κ3) is 4.95. The van der Waals surface area contributed by atoms with Gasteiger partial charge in [0.25, 0.3) is 0 Å². The average Bonchev–Trinajstić information content (AvgIpc) is 2.53. The maximum Gasteiger partial charge on any atom is 0.416 e. The van der Waals surface area contributed by atoms with Gasteiger partial charge in [0.15, 0.2) is 0 Å². The molecule has 1 aliphatic heterocycles. The van der Waals surface area contributed by atoms with Gasteiger partial charge in [-0.3, -0.25) is 9.59 Å². The largest absolute Gasteiger partial charge is 0.480 e. The number of amides is 1. The number of halogens is 3. The summed E-state index contributed by atoms with van der Waals surface area (Å²) < 4.78 is 42.9. The molecule has 1 fully saturated rings. The number of hydrogen-bond acceptors (Lipinski definition) is 3. The summed E-state index contributed by atoms with van der Waals surface area (Å²) >= 11 is 0. The molecular weight excluding hydrogens is 327 g/mol. The number of carbonyl (C=O) groups is 2. The molecule has 1 amide bonds. The second-order valence-electron chi connectivity index (χ2n) is 5.67. The molecule has 1 saturated heterocycles. The number of nitrogens with zero attached hydrogens (tertiary/aromatic N) is 1. The van der Waals surface area contributed by atoms with Crippen molar-refractivity contribution in [2.24, 2.45) is 5.92 Å². The van der Waals surface area contributed by atoms with Crippen LogP contribution < -0.4 is 0 Å². The summed E-state index contributed by atoms with van der Waals surface area (Å²) in [6.07, 6.45) is -3.40. The monoisotopic (exact) mass is 345 g/mol. The fraction of sp³-hybridized carbons (Fsp3) is 0.500. The SMILES string of the molecule is O=C(O)CN(Cc1ccc(C(F)(F)F)cc1)C(=O)C1CCOCC1. The van der Waals surface area contributed by atoms with Crippen LogP contribution >= 0.6 is 0 Å². The van der Waals surface area contributed by atoms with E-state index in [-0.39, 0.29) is 18.4 Å². The fourth-order valence-electron chi connectivity index (χ4n) is 2.60. The van der Waals surface area contributed by atoms with E-state index >= 15 is 0 Å². The molecule has 1 aromatic rings. The smallest absolute Gasteiger partial charge is 0.416 e. The Morgan fingerprint density at radius 2 is 1.75 bits per heavy atom. The number of carboxylic acids is 1. The third-order valence-electron chi connectivity index (χ3n) is 3.86. The van der Waals surface area contributed by atoms with E-state index in [4.69, 9.17) is 9.84 Å². The highest BCUT2D eigenvalue weighted by molar-refractivity contribution is 5.83. The zero-order valence-electron chi connectivity index (χ0n) is 12.9. The minimum Gasteiger partial charge on any atom is -0.480 e. The first-order valence-electron chi connectivity index (χ1n) is 7.52. The number of benzene rings is 1. The summed E-state index contributed by atoms with van der Waals surface area (Å²) in [7, 11) is 0. The molecule has 2 rings (SSSR count). The zero-order valence-corrected chi connectivity index (χ0v) is 12.9. The van der Waals surface area contributed by atoms with E-state index in [1.165, 1.54) is 17.0 Å². The van der Waals surface area contributed by atoms with Gasteiger partial charge in [0.05, 0.1) is 5.56 Å². The molecule has 0 atom stereocenters. The minimum absolute atomic E-state index is 0.0410.